The molecule has 3 heterocycles. The van der Waals surface area contributed by atoms with Gasteiger partial charge in [-0.2, -0.15) is 9.90 Å². The number of carbonyl (C=O) groups excluding carboxylic acids is 1. The van der Waals surface area contributed by atoms with Gasteiger partial charge in [0.15, 0.2) is 0 Å². The molecule has 0 saturated carbocycles. The van der Waals surface area contributed by atoms with Crippen molar-refractivity contribution in [1.82, 2.24) is 25.6 Å². The van der Waals surface area contributed by atoms with Crippen molar-refractivity contribution >= 4 is 28.5 Å². The van der Waals surface area contributed by atoms with Crippen LogP contribution in [0, 0.1) is 0 Å². The second-order valence-corrected chi connectivity index (χ2v) is 7.17. The molecule has 0 spiro atoms. The lowest BCUT2D eigenvalue weighted by atomic mass is 10.2. The first kappa shape index (κ1) is 18.3. The average Bonchev–Trinajstić information content (AvgIpc) is 3.39. The number of carbonyl (C=O) groups is 1. The van der Waals surface area contributed by atoms with Gasteiger partial charge in [0.1, 0.15) is 6.54 Å². The van der Waals surface area contributed by atoms with Crippen LogP contribution in [0.1, 0.15) is 4.88 Å². The average molecular weight is 397 g/mol. The Balaban J connectivity index is 1.29. The molecule has 3 aromatic rings. The number of ether oxygens (including phenoxy) is 1. The number of hydrogen-bond donors (Lipinski definition) is 1. The van der Waals surface area contributed by atoms with E-state index in [4.69, 9.17) is 4.74 Å². The fraction of sp³-hybridized carbons (Fsp3) is 0.278. The zero-order valence-corrected chi connectivity index (χ0v) is 15.9. The van der Waals surface area contributed by atoms with Gasteiger partial charge in [0.05, 0.1) is 24.4 Å². The molecule has 0 bridgehead atoms. The van der Waals surface area contributed by atoms with Gasteiger partial charge in [-0.25, -0.2) is 5.43 Å². The number of morpholine rings is 1. The Morgan fingerprint density at radius 3 is 2.86 bits per heavy atom. The van der Waals surface area contributed by atoms with E-state index in [2.05, 4.69) is 36.9 Å². The summed E-state index contributed by atoms with van der Waals surface area (Å²) >= 11 is 1.63. The van der Waals surface area contributed by atoms with Crippen LogP contribution >= 0.6 is 11.3 Å². The number of nitrogens with one attached hydrogen (secondary N) is 1. The quantitative estimate of drug-likeness (QED) is 0.499. The molecule has 9 nitrogen and oxygen atoms in total. The number of rotatable bonds is 6. The molecule has 28 heavy (non-hydrogen) atoms. The normalized spacial score (nSPS) is 14.5. The molecule has 144 valence electrons. The standard InChI is InChI=1S/C18H19N7O2S/c26-16(13-25-22-18(21-23-25)14-4-2-1-3-5-14)20-19-12-15-6-7-17(28-15)24-8-10-27-11-9-24/h1-7,12H,8-11,13H2,(H,20,26)/b19-12-. The molecule has 0 radical (unpaired) electrons. The molecule has 1 fully saturated rings. The minimum atomic E-state index is -0.321. The van der Waals surface area contributed by atoms with E-state index in [-0.39, 0.29) is 12.5 Å². The second-order valence-electron chi connectivity index (χ2n) is 6.08. The molecule has 1 N–H and O–H groups in total. The SMILES string of the molecule is O=C(Cn1nnc(-c2ccccc2)n1)N/N=C\c1ccc(N2CCOCC2)s1. The lowest BCUT2D eigenvalue weighted by Gasteiger charge is -2.27. The summed E-state index contributed by atoms with van der Waals surface area (Å²) in [5, 5.41) is 17.3. The maximum atomic E-state index is 12.0. The molecule has 0 unspecified atom stereocenters. The minimum Gasteiger partial charge on any atom is -0.378 e. The summed E-state index contributed by atoms with van der Waals surface area (Å²) in [7, 11) is 0. The Hall–Kier alpha value is -3.11. The first-order valence-corrected chi connectivity index (χ1v) is 9.67. The lowest BCUT2D eigenvalue weighted by molar-refractivity contribution is -0.122. The van der Waals surface area contributed by atoms with E-state index >= 15 is 0 Å². The van der Waals surface area contributed by atoms with Crippen LogP contribution in [0.15, 0.2) is 47.6 Å². The van der Waals surface area contributed by atoms with E-state index in [9.17, 15) is 4.79 Å². The van der Waals surface area contributed by atoms with Crippen molar-refractivity contribution < 1.29 is 9.53 Å². The largest absolute Gasteiger partial charge is 0.378 e. The summed E-state index contributed by atoms with van der Waals surface area (Å²) in [5.41, 5.74) is 3.34. The fourth-order valence-electron chi connectivity index (χ4n) is 2.71. The van der Waals surface area contributed by atoms with Gasteiger partial charge in [0.2, 0.25) is 5.82 Å². The van der Waals surface area contributed by atoms with Crippen molar-refractivity contribution in [2.24, 2.45) is 5.10 Å². The van der Waals surface area contributed by atoms with Crippen LogP contribution in [-0.4, -0.2) is 58.6 Å². The van der Waals surface area contributed by atoms with Gasteiger partial charge in [-0.3, -0.25) is 4.79 Å². The summed E-state index contributed by atoms with van der Waals surface area (Å²) < 4.78 is 5.37. The summed E-state index contributed by atoms with van der Waals surface area (Å²) in [6.07, 6.45) is 1.64. The Labute approximate surface area is 165 Å². The van der Waals surface area contributed by atoms with E-state index in [0.717, 1.165) is 36.7 Å². The summed E-state index contributed by atoms with van der Waals surface area (Å²) in [6, 6.07) is 13.5. The summed E-state index contributed by atoms with van der Waals surface area (Å²) in [4.78, 5) is 16.5. The van der Waals surface area contributed by atoms with Crippen molar-refractivity contribution in [2.75, 3.05) is 31.2 Å². The van der Waals surface area contributed by atoms with Crippen molar-refractivity contribution in [1.29, 1.82) is 0 Å². The number of amides is 1. The fourth-order valence-corrected chi connectivity index (χ4v) is 3.64. The molecule has 10 heteroatoms. The molecule has 0 aliphatic carbocycles. The third-order valence-electron chi connectivity index (χ3n) is 4.09. The molecular weight excluding hydrogens is 378 g/mol. The summed E-state index contributed by atoms with van der Waals surface area (Å²) in [5.74, 6) is 0.157. The molecule has 4 rings (SSSR count). The number of aromatic nitrogens is 4. The Kier molecular flexibility index (Phi) is 5.69. The predicted octanol–water partition coefficient (Wildman–Crippen LogP) is 1.39. The van der Waals surface area contributed by atoms with Crippen LogP contribution in [0.2, 0.25) is 0 Å². The van der Waals surface area contributed by atoms with Crippen molar-refractivity contribution in [3.8, 4) is 11.4 Å². The smallest absolute Gasteiger partial charge is 0.263 e. The number of hydrogen-bond acceptors (Lipinski definition) is 8. The number of nitrogens with zero attached hydrogens (tertiary/aromatic N) is 6. The van der Waals surface area contributed by atoms with E-state index in [1.54, 1.807) is 17.6 Å². The lowest BCUT2D eigenvalue weighted by Crippen LogP contribution is -2.35. The van der Waals surface area contributed by atoms with Gasteiger partial charge in [0.25, 0.3) is 5.91 Å². The minimum absolute atomic E-state index is 0.0549. The highest BCUT2D eigenvalue weighted by Gasteiger charge is 2.13. The first-order chi connectivity index (χ1) is 13.8. The molecular formula is C18H19N7O2S. The Morgan fingerprint density at radius 2 is 2.04 bits per heavy atom. The Bertz CT molecular complexity index is 948. The third-order valence-corrected chi connectivity index (χ3v) is 5.17. The van der Waals surface area contributed by atoms with Gasteiger partial charge < -0.3 is 9.64 Å². The molecule has 1 aliphatic rings. The highest BCUT2D eigenvalue weighted by atomic mass is 32.1. The first-order valence-electron chi connectivity index (χ1n) is 8.85. The number of benzene rings is 1. The topological polar surface area (TPSA) is 97.5 Å². The number of thiophene rings is 1. The summed E-state index contributed by atoms with van der Waals surface area (Å²) in [6.45, 7) is 3.23. The van der Waals surface area contributed by atoms with Gasteiger partial charge in [-0.15, -0.1) is 21.5 Å². The van der Waals surface area contributed by atoms with Crippen LogP contribution in [0.4, 0.5) is 5.00 Å². The Morgan fingerprint density at radius 1 is 1.21 bits per heavy atom. The van der Waals surface area contributed by atoms with Gasteiger partial charge in [-0.05, 0) is 17.3 Å². The number of tetrazole rings is 1. The zero-order chi connectivity index (χ0) is 19.2. The number of anilines is 1. The van der Waals surface area contributed by atoms with E-state index < -0.39 is 0 Å². The van der Waals surface area contributed by atoms with Gasteiger partial charge >= 0.3 is 0 Å². The maximum Gasteiger partial charge on any atom is 0.263 e. The molecule has 2 aromatic heterocycles. The van der Waals surface area contributed by atoms with Crippen molar-refractivity contribution in [3.05, 3.63) is 47.3 Å². The van der Waals surface area contributed by atoms with E-state index in [1.165, 1.54) is 9.80 Å². The third kappa shape index (κ3) is 4.59. The number of hydrazone groups is 1. The highest BCUT2D eigenvalue weighted by molar-refractivity contribution is 7.17. The van der Waals surface area contributed by atoms with Gasteiger partial charge in [0, 0.05) is 23.5 Å². The highest BCUT2D eigenvalue weighted by Crippen LogP contribution is 2.25. The van der Waals surface area contributed by atoms with Crippen molar-refractivity contribution in [3.63, 3.8) is 0 Å². The monoisotopic (exact) mass is 397 g/mol. The van der Waals surface area contributed by atoms with Crippen LogP contribution in [0.5, 0.6) is 0 Å². The molecule has 1 aliphatic heterocycles. The molecule has 1 saturated heterocycles. The van der Waals surface area contributed by atoms with E-state index in [0.29, 0.717) is 5.82 Å². The predicted molar refractivity (Wildman–Crippen MR) is 106 cm³/mol. The zero-order valence-electron chi connectivity index (χ0n) is 15.1. The van der Waals surface area contributed by atoms with Crippen LogP contribution in [0.25, 0.3) is 11.4 Å². The molecule has 1 aromatic carbocycles. The van der Waals surface area contributed by atoms with E-state index in [1.807, 2.05) is 36.4 Å². The van der Waals surface area contributed by atoms with Crippen LogP contribution < -0.4 is 10.3 Å². The maximum absolute atomic E-state index is 12.0. The second kappa shape index (κ2) is 8.72. The molecule has 1 amide bonds. The molecule has 0 atom stereocenters. The van der Waals surface area contributed by atoms with Gasteiger partial charge in [-0.1, -0.05) is 30.3 Å². The van der Waals surface area contributed by atoms with Crippen molar-refractivity contribution in [2.45, 2.75) is 6.54 Å². The van der Waals surface area contributed by atoms with Crippen LogP contribution in [0.3, 0.4) is 0 Å². The van der Waals surface area contributed by atoms with Crippen LogP contribution in [-0.2, 0) is 16.1 Å².